The fourth-order valence-corrected chi connectivity index (χ4v) is 2.79. The zero-order chi connectivity index (χ0) is 18.8. The van der Waals surface area contributed by atoms with Gasteiger partial charge in [-0.1, -0.05) is 26.8 Å². The van der Waals surface area contributed by atoms with Gasteiger partial charge in [-0.15, -0.1) is 0 Å². The Morgan fingerprint density at radius 2 is 2.08 bits per heavy atom. The van der Waals surface area contributed by atoms with Gasteiger partial charge in [-0.2, -0.15) is 0 Å². The number of pyridine rings is 1. The van der Waals surface area contributed by atoms with E-state index in [1.54, 1.807) is 24.4 Å². The van der Waals surface area contributed by atoms with E-state index in [2.05, 4.69) is 4.98 Å². The van der Waals surface area contributed by atoms with Crippen molar-refractivity contribution in [3.63, 3.8) is 0 Å². The molecule has 0 radical (unpaired) electrons. The Hall–Kier alpha value is -2.76. The molecule has 0 saturated heterocycles. The second kappa shape index (κ2) is 7.01. The Labute approximate surface area is 148 Å². The van der Waals surface area contributed by atoms with Crippen molar-refractivity contribution in [2.45, 2.75) is 39.7 Å². The fraction of sp³-hybridized carbons (Fsp3) is 0.368. The van der Waals surface area contributed by atoms with Crippen LogP contribution >= 0.6 is 0 Å². The van der Waals surface area contributed by atoms with E-state index >= 15 is 0 Å². The molecule has 1 heterocycles. The van der Waals surface area contributed by atoms with Crippen LogP contribution in [-0.4, -0.2) is 23.2 Å². The van der Waals surface area contributed by atoms with Crippen molar-refractivity contribution in [2.24, 2.45) is 5.73 Å². The first kappa shape index (κ1) is 18.6. The summed E-state index contributed by atoms with van der Waals surface area (Å²) in [7, 11) is 1.57. The van der Waals surface area contributed by atoms with E-state index in [4.69, 9.17) is 15.9 Å². The number of methoxy groups -OCH3 is 1. The Balaban J connectivity index is 2.61. The standard InChI is InChI=1S/C19H26N4O2/c1-12-16(15(25-5)9-14(17(12)24)19(2,3)4)23(18(20)21)11-13-7-6-8-22-10-13/h6-10,24H,11H2,1-5H3,(H3,20,21). The molecule has 0 aliphatic rings. The highest BCUT2D eigenvalue weighted by Crippen LogP contribution is 2.44. The number of guanidine groups is 1. The molecule has 0 aliphatic carbocycles. The molecule has 0 spiro atoms. The van der Waals surface area contributed by atoms with Gasteiger partial charge in [-0.05, 0) is 30.0 Å². The number of benzene rings is 1. The molecule has 2 aromatic rings. The van der Waals surface area contributed by atoms with Crippen molar-refractivity contribution in [1.82, 2.24) is 4.98 Å². The Morgan fingerprint density at radius 1 is 1.40 bits per heavy atom. The van der Waals surface area contributed by atoms with Gasteiger partial charge in [0.1, 0.15) is 11.5 Å². The minimum atomic E-state index is -0.245. The molecule has 0 unspecified atom stereocenters. The van der Waals surface area contributed by atoms with Crippen LogP contribution in [0.5, 0.6) is 11.5 Å². The third-order valence-electron chi connectivity index (χ3n) is 4.13. The number of nitrogens with zero attached hydrogens (tertiary/aromatic N) is 2. The predicted molar refractivity (Wildman–Crippen MR) is 100 cm³/mol. The van der Waals surface area contributed by atoms with Crippen molar-refractivity contribution in [3.05, 3.63) is 47.3 Å². The summed E-state index contributed by atoms with van der Waals surface area (Å²) >= 11 is 0. The number of phenols is 1. The molecule has 2 rings (SSSR count). The van der Waals surface area contributed by atoms with E-state index in [-0.39, 0.29) is 17.1 Å². The first-order chi connectivity index (χ1) is 11.7. The number of aromatic hydroxyl groups is 1. The molecule has 25 heavy (non-hydrogen) atoms. The molecule has 0 saturated carbocycles. The Bertz CT molecular complexity index is 767. The molecule has 0 atom stereocenters. The van der Waals surface area contributed by atoms with E-state index < -0.39 is 0 Å². The number of ether oxygens (including phenoxy) is 1. The zero-order valence-corrected chi connectivity index (χ0v) is 15.4. The molecule has 0 fully saturated rings. The molecule has 0 amide bonds. The maximum Gasteiger partial charge on any atom is 0.193 e. The molecule has 4 N–H and O–H groups in total. The van der Waals surface area contributed by atoms with Gasteiger partial charge in [0.25, 0.3) is 0 Å². The van der Waals surface area contributed by atoms with Crippen LogP contribution in [0.15, 0.2) is 30.6 Å². The maximum atomic E-state index is 10.7. The van der Waals surface area contributed by atoms with Crippen molar-refractivity contribution < 1.29 is 9.84 Å². The van der Waals surface area contributed by atoms with Crippen LogP contribution in [0, 0.1) is 12.3 Å². The molecular weight excluding hydrogens is 316 g/mol. The number of phenolic OH excluding ortho intramolecular Hbond substituents is 1. The smallest absolute Gasteiger partial charge is 0.193 e. The highest BCUT2D eigenvalue weighted by Gasteiger charge is 2.27. The van der Waals surface area contributed by atoms with Crippen molar-refractivity contribution in [2.75, 3.05) is 12.0 Å². The molecule has 1 aromatic heterocycles. The summed E-state index contributed by atoms with van der Waals surface area (Å²) < 4.78 is 5.57. The normalized spacial score (nSPS) is 11.2. The van der Waals surface area contributed by atoms with E-state index in [1.807, 2.05) is 45.9 Å². The SMILES string of the molecule is COc1cc(C(C)(C)C)c(O)c(C)c1N(Cc1cccnc1)C(=N)N. The molecule has 1 aromatic carbocycles. The van der Waals surface area contributed by atoms with Crippen LogP contribution in [0.25, 0.3) is 0 Å². The molecule has 0 aliphatic heterocycles. The van der Waals surface area contributed by atoms with E-state index in [1.165, 1.54) is 0 Å². The monoisotopic (exact) mass is 342 g/mol. The number of aromatic nitrogens is 1. The average Bonchev–Trinajstić information content (AvgIpc) is 2.55. The summed E-state index contributed by atoms with van der Waals surface area (Å²) in [5.41, 5.74) is 8.49. The van der Waals surface area contributed by atoms with Crippen LogP contribution in [0.4, 0.5) is 5.69 Å². The minimum Gasteiger partial charge on any atom is -0.507 e. The highest BCUT2D eigenvalue weighted by atomic mass is 16.5. The number of rotatable bonds is 4. The third-order valence-corrected chi connectivity index (χ3v) is 4.13. The lowest BCUT2D eigenvalue weighted by molar-refractivity contribution is 0.404. The summed E-state index contributed by atoms with van der Waals surface area (Å²) in [5, 5.41) is 18.7. The molecule has 6 heteroatoms. The predicted octanol–water partition coefficient (Wildman–Crippen LogP) is 3.30. The highest BCUT2D eigenvalue weighted by molar-refractivity contribution is 5.95. The maximum absolute atomic E-state index is 10.7. The molecule has 134 valence electrons. The first-order valence-corrected chi connectivity index (χ1v) is 8.08. The number of nitrogens with one attached hydrogen (secondary N) is 1. The molecule has 6 nitrogen and oxygen atoms in total. The van der Waals surface area contributed by atoms with Gasteiger partial charge < -0.3 is 20.5 Å². The zero-order valence-electron chi connectivity index (χ0n) is 15.4. The second-order valence-corrected chi connectivity index (χ2v) is 7.03. The molecule has 0 bridgehead atoms. The van der Waals surface area contributed by atoms with Crippen LogP contribution in [0.2, 0.25) is 0 Å². The van der Waals surface area contributed by atoms with Gasteiger partial charge in [-0.3, -0.25) is 10.4 Å². The number of hydrogen-bond acceptors (Lipinski definition) is 4. The summed E-state index contributed by atoms with van der Waals surface area (Å²) in [4.78, 5) is 5.71. The lowest BCUT2D eigenvalue weighted by Gasteiger charge is -2.30. The van der Waals surface area contributed by atoms with Gasteiger partial charge in [0.2, 0.25) is 0 Å². The van der Waals surface area contributed by atoms with Crippen LogP contribution < -0.4 is 15.4 Å². The topological polar surface area (TPSA) is 95.5 Å². The lowest BCUT2D eigenvalue weighted by Crippen LogP contribution is -2.37. The summed E-state index contributed by atoms with van der Waals surface area (Å²) in [6.07, 6.45) is 3.42. The Morgan fingerprint density at radius 3 is 2.56 bits per heavy atom. The lowest BCUT2D eigenvalue weighted by atomic mass is 9.84. The minimum absolute atomic E-state index is 0.131. The van der Waals surface area contributed by atoms with Crippen molar-refractivity contribution in [3.8, 4) is 11.5 Å². The van der Waals surface area contributed by atoms with E-state index in [9.17, 15) is 5.11 Å². The number of anilines is 1. The van der Waals surface area contributed by atoms with Gasteiger partial charge >= 0.3 is 0 Å². The third kappa shape index (κ3) is 3.84. The van der Waals surface area contributed by atoms with Gasteiger partial charge in [0, 0.05) is 23.5 Å². The van der Waals surface area contributed by atoms with E-state index in [0.717, 1.165) is 11.1 Å². The van der Waals surface area contributed by atoms with Crippen LogP contribution in [0.1, 0.15) is 37.5 Å². The largest absolute Gasteiger partial charge is 0.507 e. The second-order valence-electron chi connectivity index (χ2n) is 7.03. The average molecular weight is 342 g/mol. The van der Waals surface area contributed by atoms with Gasteiger partial charge in [0.05, 0.1) is 19.3 Å². The van der Waals surface area contributed by atoms with E-state index in [0.29, 0.717) is 23.5 Å². The van der Waals surface area contributed by atoms with Crippen LogP contribution in [-0.2, 0) is 12.0 Å². The quantitative estimate of drug-likeness (QED) is 0.585. The summed E-state index contributed by atoms with van der Waals surface area (Å²) in [6.45, 7) is 8.24. The Kier molecular flexibility index (Phi) is 5.21. The summed E-state index contributed by atoms with van der Waals surface area (Å²) in [5.74, 6) is 0.633. The van der Waals surface area contributed by atoms with Gasteiger partial charge in [-0.25, -0.2) is 0 Å². The number of nitrogens with two attached hydrogens (primary N) is 1. The summed E-state index contributed by atoms with van der Waals surface area (Å²) in [6, 6.07) is 5.56. The van der Waals surface area contributed by atoms with Crippen molar-refractivity contribution in [1.29, 1.82) is 5.41 Å². The molecular formula is C19H26N4O2. The van der Waals surface area contributed by atoms with Crippen LogP contribution in [0.3, 0.4) is 0 Å². The first-order valence-electron chi connectivity index (χ1n) is 8.08. The van der Waals surface area contributed by atoms with Crippen molar-refractivity contribution >= 4 is 11.6 Å². The van der Waals surface area contributed by atoms with Gasteiger partial charge in [0.15, 0.2) is 5.96 Å². The fourth-order valence-electron chi connectivity index (χ4n) is 2.79. The number of hydrogen-bond donors (Lipinski definition) is 3.